The normalized spacial score (nSPS) is 11.2. The second-order valence-corrected chi connectivity index (χ2v) is 8.64. The molecule has 158 valence electrons. The first-order valence-electron chi connectivity index (χ1n) is 9.34. The molecule has 0 aliphatic heterocycles. The van der Waals surface area contributed by atoms with Crippen LogP contribution in [0.5, 0.6) is 5.75 Å². The van der Waals surface area contributed by atoms with E-state index in [1.165, 1.54) is 0 Å². The van der Waals surface area contributed by atoms with Crippen molar-refractivity contribution in [2.24, 2.45) is 0 Å². The minimum absolute atomic E-state index is 0.221. The molecule has 0 radical (unpaired) electrons. The monoisotopic (exact) mass is 428 g/mol. The highest BCUT2D eigenvalue weighted by atomic mass is 32.2. The van der Waals surface area contributed by atoms with Crippen molar-refractivity contribution < 1.29 is 21.8 Å². The average molecular weight is 429 g/mol. The number of urea groups is 1. The van der Waals surface area contributed by atoms with Gasteiger partial charge in [0, 0.05) is 12.2 Å². The molecule has 3 aromatic rings. The maximum atomic E-state index is 13.1. The van der Waals surface area contributed by atoms with E-state index in [2.05, 4.69) is 5.32 Å². The molecule has 0 saturated heterocycles. The summed E-state index contributed by atoms with van der Waals surface area (Å²) in [5.74, 6) is 0.877. The van der Waals surface area contributed by atoms with Crippen LogP contribution in [0.2, 0.25) is 0 Å². The Labute approximate surface area is 176 Å². The van der Waals surface area contributed by atoms with E-state index in [0.29, 0.717) is 12.3 Å². The summed E-state index contributed by atoms with van der Waals surface area (Å²) in [7, 11) is -3.59. The number of furan rings is 1. The van der Waals surface area contributed by atoms with Crippen molar-refractivity contribution in [1.29, 1.82) is 0 Å². The van der Waals surface area contributed by atoms with Crippen LogP contribution in [0.3, 0.4) is 0 Å². The van der Waals surface area contributed by atoms with Crippen molar-refractivity contribution in [2.45, 2.75) is 26.9 Å². The summed E-state index contributed by atoms with van der Waals surface area (Å²) in [6.07, 6.45) is 2.55. The van der Waals surface area contributed by atoms with Crippen LogP contribution in [0.25, 0.3) is 0 Å². The Kier molecular flexibility index (Phi) is 6.47. The minimum atomic E-state index is -3.59. The van der Waals surface area contributed by atoms with Crippen LogP contribution in [0.15, 0.2) is 65.3 Å². The van der Waals surface area contributed by atoms with Gasteiger partial charge in [-0.05, 0) is 54.8 Å². The largest absolute Gasteiger partial charge is 0.467 e. The molecular formula is C22H24N2O5S. The van der Waals surface area contributed by atoms with Crippen LogP contribution in [-0.2, 0) is 23.2 Å². The summed E-state index contributed by atoms with van der Waals surface area (Å²) in [6.45, 7) is 4.47. The van der Waals surface area contributed by atoms with Crippen molar-refractivity contribution in [2.75, 3.05) is 11.6 Å². The third kappa shape index (κ3) is 5.87. The Morgan fingerprint density at radius 2 is 1.67 bits per heavy atom. The lowest BCUT2D eigenvalue weighted by Gasteiger charge is -2.23. The fraction of sp³-hybridized carbons (Fsp3) is 0.227. The van der Waals surface area contributed by atoms with E-state index < -0.39 is 10.1 Å². The predicted molar refractivity (Wildman–Crippen MR) is 115 cm³/mol. The second-order valence-electron chi connectivity index (χ2n) is 7.06. The summed E-state index contributed by atoms with van der Waals surface area (Å²) >= 11 is 0. The van der Waals surface area contributed by atoms with Crippen LogP contribution < -0.4 is 9.50 Å². The van der Waals surface area contributed by atoms with Gasteiger partial charge in [-0.2, -0.15) is 8.42 Å². The number of carbonyl (C=O) groups is 1. The Bertz CT molecular complexity index is 1090. The number of rotatable bonds is 7. The van der Waals surface area contributed by atoms with Gasteiger partial charge in [0.15, 0.2) is 0 Å². The third-order valence-electron chi connectivity index (χ3n) is 4.47. The molecule has 0 spiro atoms. The Morgan fingerprint density at radius 3 is 2.23 bits per heavy atom. The number of nitrogens with one attached hydrogen (secondary N) is 1. The lowest BCUT2D eigenvalue weighted by Crippen LogP contribution is -2.34. The zero-order valence-electron chi connectivity index (χ0n) is 17.1. The predicted octanol–water partition coefficient (Wildman–Crippen LogP) is 4.47. The van der Waals surface area contributed by atoms with Crippen LogP contribution in [0, 0.1) is 13.8 Å². The maximum Gasteiger partial charge on any atom is 0.322 e. The number of nitrogens with zero attached hydrogens (tertiary/aromatic N) is 1. The quantitative estimate of drug-likeness (QED) is 0.561. The maximum absolute atomic E-state index is 13.1. The Balaban J connectivity index is 1.79. The van der Waals surface area contributed by atoms with Crippen LogP contribution in [0.1, 0.15) is 22.5 Å². The first kappa shape index (κ1) is 21.4. The van der Waals surface area contributed by atoms with Gasteiger partial charge in [-0.25, -0.2) is 4.79 Å². The Morgan fingerprint density at radius 1 is 1.00 bits per heavy atom. The van der Waals surface area contributed by atoms with Gasteiger partial charge in [0.05, 0.1) is 19.1 Å². The summed E-state index contributed by atoms with van der Waals surface area (Å²) in [5, 5.41) is 3.00. The number of para-hydroxylation sites is 1. The van der Waals surface area contributed by atoms with Crippen LogP contribution in [0.4, 0.5) is 10.5 Å². The summed E-state index contributed by atoms with van der Waals surface area (Å²) in [6, 6.07) is 15.7. The highest BCUT2D eigenvalue weighted by Crippen LogP contribution is 2.22. The van der Waals surface area contributed by atoms with Gasteiger partial charge in [0.1, 0.15) is 11.5 Å². The first-order valence-corrected chi connectivity index (χ1v) is 11.2. The van der Waals surface area contributed by atoms with Crippen LogP contribution in [-0.4, -0.2) is 25.6 Å². The van der Waals surface area contributed by atoms with Gasteiger partial charge in [-0.15, -0.1) is 0 Å². The van der Waals surface area contributed by atoms with Crippen molar-refractivity contribution in [1.82, 2.24) is 4.90 Å². The summed E-state index contributed by atoms with van der Waals surface area (Å²) < 4.78 is 32.8. The fourth-order valence-corrected chi connectivity index (χ4v) is 3.49. The van der Waals surface area contributed by atoms with E-state index in [1.807, 2.05) is 38.1 Å². The Hall–Kier alpha value is -3.26. The molecule has 2 aromatic carbocycles. The van der Waals surface area contributed by atoms with Crippen molar-refractivity contribution in [3.05, 3.63) is 83.3 Å². The van der Waals surface area contributed by atoms with Crippen molar-refractivity contribution in [3.8, 4) is 5.75 Å². The van der Waals surface area contributed by atoms with Crippen molar-refractivity contribution >= 4 is 21.8 Å². The standard InChI is InChI=1S/C22H24N2O5S/c1-16-6-4-7-17(2)21(16)23-22(25)24(15-20-8-5-13-28-20)14-18-9-11-19(12-10-18)29-30(3,26)27/h4-13H,14-15H2,1-3H3,(H,23,25). The fourth-order valence-electron chi connectivity index (χ4n) is 3.03. The molecule has 30 heavy (non-hydrogen) atoms. The third-order valence-corrected chi connectivity index (χ3v) is 4.97. The smallest absolute Gasteiger partial charge is 0.322 e. The minimum Gasteiger partial charge on any atom is -0.467 e. The van der Waals surface area contributed by atoms with E-state index in [0.717, 1.165) is 28.6 Å². The second kappa shape index (κ2) is 9.04. The van der Waals surface area contributed by atoms with E-state index in [1.54, 1.807) is 41.5 Å². The van der Waals surface area contributed by atoms with Crippen LogP contribution >= 0.6 is 0 Å². The number of hydrogen-bond donors (Lipinski definition) is 1. The first-order chi connectivity index (χ1) is 14.2. The number of hydrogen-bond acceptors (Lipinski definition) is 5. The highest BCUT2D eigenvalue weighted by Gasteiger charge is 2.18. The molecule has 8 heteroatoms. The topological polar surface area (TPSA) is 88.9 Å². The van der Waals surface area contributed by atoms with Gasteiger partial charge >= 0.3 is 16.1 Å². The lowest BCUT2D eigenvalue weighted by molar-refractivity contribution is 0.201. The van der Waals surface area contributed by atoms with Gasteiger partial charge in [-0.3, -0.25) is 0 Å². The molecule has 1 heterocycles. The highest BCUT2D eigenvalue weighted by molar-refractivity contribution is 7.86. The SMILES string of the molecule is Cc1cccc(C)c1NC(=O)N(Cc1ccc(OS(C)(=O)=O)cc1)Cc1ccco1. The number of carbonyl (C=O) groups excluding carboxylic acids is 1. The van der Waals surface area contributed by atoms with Gasteiger partial charge in [-0.1, -0.05) is 30.3 Å². The zero-order valence-corrected chi connectivity index (χ0v) is 17.9. The van der Waals surface area contributed by atoms with E-state index in [4.69, 9.17) is 8.60 Å². The molecular weight excluding hydrogens is 404 g/mol. The van der Waals surface area contributed by atoms with E-state index in [9.17, 15) is 13.2 Å². The molecule has 0 bridgehead atoms. The molecule has 7 nitrogen and oxygen atoms in total. The summed E-state index contributed by atoms with van der Waals surface area (Å²) in [4.78, 5) is 14.7. The van der Waals surface area contributed by atoms with E-state index in [-0.39, 0.29) is 18.3 Å². The number of amides is 2. The van der Waals surface area contributed by atoms with Gasteiger partial charge < -0.3 is 18.8 Å². The molecule has 1 N–H and O–H groups in total. The number of anilines is 1. The zero-order chi connectivity index (χ0) is 21.7. The molecule has 0 fully saturated rings. The molecule has 0 saturated carbocycles. The molecule has 0 aliphatic rings. The van der Waals surface area contributed by atoms with Gasteiger partial charge in [0.25, 0.3) is 0 Å². The number of benzene rings is 2. The van der Waals surface area contributed by atoms with Gasteiger partial charge in [0.2, 0.25) is 0 Å². The molecule has 3 rings (SSSR count). The lowest BCUT2D eigenvalue weighted by atomic mass is 10.1. The van der Waals surface area contributed by atoms with Crippen molar-refractivity contribution in [3.63, 3.8) is 0 Å². The molecule has 1 aromatic heterocycles. The van der Waals surface area contributed by atoms with E-state index >= 15 is 0 Å². The molecule has 0 atom stereocenters. The molecule has 0 aliphatic carbocycles. The molecule has 0 unspecified atom stereocenters. The number of aryl methyl sites for hydroxylation is 2. The molecule has 2 amide bonds. The average Bonchev–Trinajstić information content (AvgIpc) is 3.17. The summed E-state index contributed by atoms with van der Waals surface area (Å²) in [5.41, 5.74) is 3.55.